The van der Waals surface area contributed by atoms with Crippen LogP contribution in [0.4, 0.5) is 8.78 Å². The number of piperidine rings is 1. The average Bonchev–Trinajstić information content (AvgIpc) is 3.59. The number of carbonyl (C=O) groups excluding carboxylic acids is 2. The summed E-state index contributed by atoms with van der Waals surface area (Å²) in [7, 11) is 0. The van der Waals surface area contributed by atoms with Crippen LogP contribution in [0, 0.1) is 31.4 Å². The Labute approximate surface area is 199 Å². The molecule has 4 rings (SSSR count). The van der Waals surface area contributed by atoms with Gasteiger partial charge in [0.25, 0.3) is 5.91 Å². The summed E-state index contributed by atoms with van der Waals surface area (Å²) in [5.74, 6) is -2.81. The number of benzene rings is 2. The average molecular weight is 478 g/mol. The fraction of sp³-hybridized carbons (Fsp3) is 0.440. The molecule has 2 aromatic rings. The van der Waals surface area contributed by atoms with E-state index in [4.69, 9.17) is 0 Å². The molecule has 2 aromatic carbocycles. The van der Waals surface area contributed by atoms with Gasteiger partial charge < -0.3 is 4.90 Å². The Morgan fingerprint density at radius 3 is 2.39 bits per heavy atom. The monoisotopic (exact) mass is 477 g/mol. The third-order valence-electron chi connectivity index (χ3n) is 6.55. The zero-order chi connectivity index (χ0) is 22.8. The second-order valence-corrected chi connectivity index (χ2v) is 8.88. The molecule has 1 aliphatic heterocycles. The van der Waals surface area contributed by atoms with E-state index in [2.05, 4.69) is 31.4 Å². The molecule has 178 valence electrons. The molecule has 2 fully saturated rings. The van der Waals surface area contributed by atoms with Crippen LogP contribution in [0.15, 0.2) is 36.4 Å². The third-order valence-corrected chi connectivity index (χ3v) is 6.55. The molecule has 1 atom stereocenters. The van der Waals surface area contributed by atoms with Crippen LogP contribution in [0.25, 0.3) is 0 Å². The van der Waals surface area contributed by atoms with Gasteiger partial charge in [0, 0.05) is 25.7 Å². The van der Waals surface area contributed by atoms with Crippen molar-refractivity contribution in [2.75, 3.05) is 13.1 Å². The van der Waals surface area contributed by atoms with Crippen molar-refractivity contribution in [2.45, 2.75) is 52.1 Å². The molecule has 1 saturated carbocycles. The van der Waals surface area contributed by atoms with E-state index in [0.717, 1.165) is 43.4 Å². The van der Waals surface area contributed by atoms with Crippen LogP contribution in [0.2, 0.25) is 0 Å². The number of hydrogen-bond acceptors (Lipinski definition) is 3. The Morgan fingerprint density at radius 2 is 1.73 bits per heavy atom. The second kappa shape index (κ2) is 10.6. The summed E-state index contributed by atoms with van der Waals surface area (Å²) in [5.41, 5.74) is 5.56. The van der Waals surface area contributed by atoms with Crippen LogP contribution in [-0.2, 0) is 11.3 Å². The molecule has 0 bridgehead atoms. The molecule has 1 aliphatic carbocycles. The number of nitrogens with one attached hydrogen (secondary N) is 1. The lowest BCUT2D eigenvalue weighted by Crippen LogP contribution is -2.51. The van der Waals surface area contributed by atoms with Crippen molar-refractivity contribution < 1.29 is 18.4 Å². The van der Waals surface area contributed by atoms with Gasteiger partial charge in [0.05, 0.1) is 5.92 Å². The largest absolute Gasteiger partial charge is 0.335 e. The molecule has 0 spiro atoms. The second-order valence-electron chi connectivity index (χ2n) is 8.88. The molecular formula is C25H30ClF2N3O2. The van der Waals surface area contributed by atoms with Gasteiger partial charge in [-0.1, -0.05) is 24.3 Å². The number of rotatable bonds is 6. The minimum Gasteiger partial charge on any atom is -0.335 e. The first-order valence-corrected chi connectivity index (χ1v) is 11.2. The lowest BCUT2D eigenvalue weighted by atomic mass is 9.96. The third kappa shape index (κ3) is 5.71. The Hall–Kier alpha value is -2.51. The van der Waals surface area contributed by atoms with Crippen LogP contribution < -0.4 is 5.43 Å². The molecule has 8 heteroatoms. The van der Waals surface area contributed by atoms with Gasteiger partial charge in [-0.2, -0.15) is 0 Å². The number of aryl methyl sites for hydroxylation is 1. The standard InChI is InChI=1S/C25H29F2N3O2.ClH/c1-16-6-3-7-18(17(16)2)15-30(20-11-12-20)25(32)19-8-5-13-29(14-19)28-24(31)23-21(26)9-4-10-22(23)27;/h3-4,6-7,9-10,19-20H,5,8,11-15H2,1-2H3,(H,28,31);1H. The summed E-state index contributed by atoms with van der Waals surface area (Å²) in [6, 6.07) is 9.76. The summed E-state index contributed by atoms with van der Waals surface area (Å²) in [4.78, 5) is 27.9. The molecule has 0 aromatic heterocycles. The molecule has 1 unspecified atom stereocenters. The van der Waals surface area contributed by atoms with Crippen molar-refractivity contribution in [2.24, 2.45) is 5.92 Å². The SMILES string of the molecule is Cc1cccc(CN(C(=O)C2CCCN(NC(=O)c3c(F)cccc3F)C2)C2CC2)c1C.Cl. The van der Waals surface area contributed by atoms with Crippen LogP contribution in [0.5, 0.6) is 0 Å². The number of carbonyl (C=O) groups is 2. The molecule has 33 heavy (non-hydrogen) atoms. The maximum Gasteiger partial charge on any atom is 0.271 e. The van der Waals surface area contributed by atoms with Crippen LogP contribution in [0.3, 0.4) is 0 Å². The van der Waals surface area contributed by atoms with E-state index in [1.165, 1.54) is 17.2 Å². The molecule has 1 saturated heterocycles. The maximum absolute atomic E-state index is 13.9. The highest BCUT2D eigenvalue weighted by Gasteiger charge is 2.38. The Kier molecular flexibility index (Phi) is 8.08. The van der Waals surface area contributed by atoms with Gasteiger partial charge in [-0.25, -0.2) is 13.8 Å². The van der Waals surface area contributed by atoms with Gasteiger partial charge in [-0.15, -0.1) is 12.4 Å². The number of hydrogen-bond donors (Lipinski definition) is 1. The summed E-state index contributed by atoms with van der Waals surface area (Å²) >= 11 is 0. The maximum atomic E-state index is 13.9. The Bertz CT molecular complexity index is 1010. The van der Waals surface area contributed by atoms with Gasteiger partial charge in [0.15, 0.2) is 0 Å². The highest BCUT2D eigenvalue weighted by atomic mass is 35.5. The first-order chi connectivity index (χ1) is 15.3. The van der Waals surface area contributed by atoms with Gasteiger partial charge in [-0.3, -0.25) is 15.0 Å². The highest BCUT2D eigenvalue weighted by molar-refractivity contribution is 5.94. The normalized spacial score (nSPS) is 18.4. The van der Waals surface area contributed by atoms with E-state index in [-0.39, 0.29) is 30.3 Å². The molecule has 0 radical (unpaired) electrons. The number of hydrazine groups is 1. The summed E-state index contributed by atoms with van der Waals surface area (Å²) in [6.45, 7) is 5.60. The number of amides is 2. The predicted octanol–water partition coefficient (Wildman–Crippen LogP) is 4.55. The van der Waals surface area contributed by atoms with E-state index in [9.17, 15) is 18.4 Å². The molecular weight excluding hydrogens is 448 g/mol. The van der Waals surface area contributed by atoms with Crippen molar-refractivity contribution in [1.82, 2.24) is 15.3 Å². The molecule has 5 nitrogen and oxygen atoms in total. The van der Waals surface area contributed by atoms with E-state index in [1.807, 2.05) is 11.0 Å². The van der Waals surface area contributed by atoms with Gasteiger partial charge in [0.1, 0.15) is 17.2 Å². The van der Waals surface area contributed by atoms with Crippen LogP contribution >= 0.6 is 12.4 Å². The fourth-order valence-electron chi connectivity index (χ4n) is 4.37. The van der Waals surface area contributed by atoms with Crippen LogP contribution in [-0.4, -0.2) is 40.9 Å². The lowest BCUT2D eigenvalue weighted by Gasteiger charge is -2.35. The van der Waals surface area contributed by atoms with Gasteiger partial charge in [-0.05, 0) is 68.4 Å². The zero-order valence-corrected chi connectivity index (χ0v) is 19.8. The Morgan fingerprint density at radius 1 is 1.06 bits per heavy atom. The van der Waals surface area contributed by atoms with Gasteiger partial charge >= 0.3 is 0 Å². The van der Waals surface area contributed by atoms with Crippen molar-refractivity contribution >= 4 is 24.2 Å². The lowest BCUT2D eigenvalue weighted by molar-refractivity contribution is -0.139. The number of halogens is 3. The minimum absolute atomic E-state index is 0. The summed E-state index contributed by atoms with van der Waals surface area (Å²) in [5, 5.41) is 1.61. The quantitative estimate of drug-likeness (QED) is 0.664. The molecule has 2 amide bonds. The summed E-state index contributed by atoms with van der Waals surface area (Å²) in [6.07, 6.45) is 3.47. The Balaban J connectivity index is 0.00000306. The van der Waals surface area contributed by atoms with E-state index in [1.54, 1.807) is 5.01 Å². The summed E-state index contributed by atoms with van der Waals surface area (Å²) < 4.78 is 27.9. The molecule has 2 aliphatic rings. The number of nitrogens with zero attached hydrogens (tertiary/aromatic N) is 2. The zero-order valence-electron chi connectivity index (χ0n) is 18.9. The smallest absolute Gasteiger partial charge is 0.271 e. The van der Waals surface area contributed by atoms with Gasteiger partial charge in [0.2, 0.25) is 5.91 Å². The van der Waals surface area contributed by atoms with Crippen molar-refractivity contribution in [1.29, 1.82) is 0 Å². The molecule has 1 heterocycles. The fourth-order valence-corrected chi connectivity index (χ4v) is 4.37. The highest BCUT2D eigenvalue weighted by Crippen LogP contribution is 2.32. The van der Waals surface area contributed by atoms with E-state index < -0.39 is 23.1 Å². The van der Waals surface area contributed by atoms with Crippen LogP contribution in [0.1, 0.15) is 52.7 Å². The first-order valence-electron chi connectivity index (χ1n) is 11.2. The topological polar surface area (TPSA) is 52.7 Å². The van der Waals surface area contributed by atoms with E-state index in [0.29, 0.717) is 19.6 Å². The van der Waals surface area contributed by atoms with E-state index >= 15 is 0 Å². The van der Waals surface area contributed by atoms with Crippen molar-refractivity contribution in [3.05, 3.63) is 70.3 Å². The first kappa shape index (κ1) is 25.1. The van der Waals surface area contributed by atoms with Crippen molar-refractivity contribution in [3.63, 3.8) is 0 Å². The molecule has 1 N–H and O–H groups in total. The predicted molar refractivity (Wildman–Crippen MR) is 125 cm³/mol. The minimum atomic E-state index is -0.902. The van der Waals surface area contributed by atoms with Crippen molar-refractivity contribution in [3.8, 4) is 0 Å².